The van der Waals surface area contributed by atoms with Crippen LogP contribution in [0.3, 0.4) is 0 Å². The number of rotatable bonds is 9. The number of hydrogen-bond donors (Lipinski definition) is 2. The summed E-state index contributed by atoms with van der Waals surface area (Å²) < 4.78 is 15.7. The Morgan fingerprint density at radius 1 is 1.03 bits per heavy atom. The van der Waals surface area contributed by atoms with Crippen molar-refractivity contribution < 1.29 is 28.6 Å². The van der Waals surface area contributed by atoms with Crippen molar-refractivity contribution in [1.29, 1.82) is 0 Å². The molecule has 0 radical (unpaired) electrons. The number of para-hydroxylation sites is 1. The summed E-state index contributed by atoms with van der Waals surface area (Å²) in [6.45, 7) is 3.27. The van der Waals surface area contributed by atoms with Crippen molar-refractivity contribution in [3.8, 4) is 11.5 Å². The first kappa shape index (κ1) is 22.5. The third-order valence-electron chi connectivity index (χ3n) is 3.76. The Morgan fingerprint density at radius 2 is 1.80 bits per heavy atom. The highest BCUT2D eigenvalue weighted by Gasteiger charge is 2.11. The quantitative estimate of drug-likeness (QED) is 0.484. The maximum Gasteiger partial charge on any atom is 0.331 e. The molecule has 0 aliphatic carbocycles. The Morgan fingerprint density at radius 3 is 2.50 bits per heavy atom. The summed E-state index contributed by atoms with van der Waals surface area (Å²) in [4.78, 5) is 35.3. The molecule has 0 aromatic heterocycles. The molecule has 0 heterocycles. The molecule has 0 atom stereocenters. The third-order valence-corrected chi connectivity index (χ3v) is 3.76. The first-order chi connectivity index (χ1) is 14.4. The molecular weight excluding hydrogens is 388 g/mol. The molecule has 0 saturated heterocycles. The van der Waals surface area contributed by atoms with Gasteiger partial charge in [-0.1, -0.05) is 18.2 Å². The Kier molecular flexibility index (Phi) is 8.43. The van der Waals surface area contributed by atoms with Crippen molar-refractivity contribution >= 4 is 35.2 Å². The summed E-state index contributed by atoms with van der Waals surface area (Å²) in [5.74, 6) is -0.423. The van der Waals surface area contributed by atoms with Gasteiger partial charge in [0.1, 0.15) is 11.5 Å². The number of benzene rings is 2. The van der Waals surface area contributed by atoms with Crippen LogP contribution < -0.4 is 20.1 Å². The van der Waals surface area contributed by atoms with E-state index in [9.17, 15) is 14.4 Å². The van der Waals surface area contributed by atoms with Gasteiger partial charge >= 0.3 is 5.97 Å². The smallest absolute Gasteiger partial charge is 0.331 e. The van der Waals surface area contributed by atoms with Gasteiger partial charge < -0.3 is 24.8 Å². The van der Waals surface area contributed by atoms with Gasteiger partial charge in [0.05, 0.1) is 19.4 Å². The van der Waals surface area contributed by atoms with Crippen molar-refractivity contribution in [3.05, 3.63) is 54.1 Å². The lowest BCUT2D eigenvalue weighted by Crippen LogP contribution is -2.20. The van der Waals surface area contributed by atoms with Gasteiger partial charge in [-0.3, -0.25) is 9.59 Å². The van der Waals surface area contributed by atoms with E-state index in [1.807, 2.05) is 19.1 Å². The summed E-state index contributed by atoms with van der Waals surface area (Å²) in [5, 5.41) is 5.21. The molecule has 8 nitrogen and oxygen atoms in total. The Balaban J connectivity index is 1.94. The Labute approximate surface area is 174 Å². The molecule has 2 amide bonds. The van der Waals surface area contributed by atoms with Crippen molar-refractivity contribution in [2.45, 2.75) is 13.8 Å². The fraction of sp³-hybridized carbons (Fsp3) is 0.227. The van der Waals surface area contributed by atoms with Crippen molar-refractivity contribution in [1.82, 2.24) is 0 Å². The first-order valence-corrected chi connectivity index (χ1v) is 9.25. The van der Waals surface area contributed by atoms with E-state index in [0.717, 1.165) is 5.56 Å². The second-order valence-corrected chi connectivity index (χ2v) is 6.06. The molecule has 2 N–H and O–H groups in total. The van der Waals surface area contributed by atoms with Gasteiger partial charge in [0.2, 0.25) is 5.91 Å². The van der Waals surface area contributed by atoms with Gasteiger partial charge in [0.25, 0.3) is 5.91 Å². The fourth-order valence-electron chi connectivity index (χ4n) is 2.52. The van der Waals surface area contributed by atoms with E-state index in [0.29, 0.717) is 29.5 Å². The average molecular weight is 412 g/mol. The number of amides is 2. The third kappa shape index (κ3) is 6.97. The largest absolute Gasteiger partial charge is 0.495 e. The zero-order valence-corrected chi connectivity index (χ0v) is 17.1. The topological polar surface area (TPSA) is 103 Å². The fourth-order valence-corrected chi connectivity index (χ4v) is 2.52. The highest BCUT2D eigenvalue weighted by atomic mass is 16.5. The molecule has 0 aliphatic rings. The van der Waals surface area contributed by atoms with Crippen LogP contribution in [-0.2, 0) is 19.1 Å². The minimum atomic E-state index is -0.671. The maximum atomic E-state index is 12.2. The molecule has 0 bridgehead atoms. The van der Waals surface area contributed by atoms with Crippen LogP contribution in [0.1, 0.15) is 19.4 Å². The SMILES string of the molecule is CCOc1ccccc1/C=C/C(=O)OCC(=O)Nc1cc(NC(C)=O)ccc1OC. The molecule has 0 fully saturated rings. The van der Waals surface area contributed by atoms with Gasteiger partial charge in [-0.15, -0.1) is 0 Å². The predicted octanol–water partition coefficient (Wildman–Crippen LogP) is 3.25. The molecule has 158 valence electrons. The van der Waals surface area contributed by atoms with Crippen LogP contribution in [0, 0.1) is 0 Å². The summed E-state index contributed by atoms with van der Waals surface area (Å²) in [6.07, 6.45) is 2.79. The molecule has 0 unspecified atom stereocenters. The van der Waals surface area contributed by atoms with E-state index in [-0.39, 0.29) is 5.91 Å². The van der Waals surface area contributed by atoms with Gasteiger partial charge in [-0.05, 0) is 37.3 Å². The number of esters is 1. The Bertz CT molecular complexity index is 939. The number of ether oxygens (including phenoxy) is 3. The minimum absolute atomic E-state index is 0.246. The van der Waals surface area contributed by atoms with Gasteiger partial charge in [0.15, 0.2) is 6.61 Å². The molecule has 2 rings (SSSR count). The highest BCUT2D eigenvalue weighted by Crippen LogP contribution is 2.27. The van der Waals surface area contributed by atoms with Crippen molar-refractivity contribution in [2.75, 3.05) is 31.0 Å². The molecule has 8 heteroatoms. The first-order valence-electron chi connectivity index (χ1n) is 9.25. The number of nitrogens with one attached hydrogen (secondary N) is 2. The van der Waals surface area contributed by atoms with E-state index < -0.39 is 18.5 Å². The van der Waals surface area contributed by atoms with Crippen LogP contribution >= 0.6 is 0 Å². The maximum absolute atomic E-state index is 12.2. The zero-order valence-electron chi connectivity index (χ0n) is 17.1. The standard InChI is InChI=1S/C22H24N2O6/c1-4-29-19-8-6-5-7-16(19)9-12-22(27)30-14-21(26)24-18-13-17(23-15(2)25)10-11-20(18)28-3/h5-13H,4,14H2,1-3H3,(H,23,25)(H,24,26)/b12-9+. The van der Waals surface area contributed by atoms with Crippen LogP contribution in [0.25, 0.3) is 6.08 Å². The summed E-state index contributed by atoms with van der Waals surface area (Å²) >= 11 is 0. The van der Waals surface area contributed by atoms with E-state index in [1.54, 1.807) is 36.4 Å². The summed E-state index contributed by atoms with van der Waals surface area (Å²) in [6, 6.07) is 12.0. The Hall–Kier alpha value is -3.81. The molecule has 0 spiro atoms. The highest BCUT2D eigenvalue weighted by molar-refractivity contribution is 5.97. The number of carbonyl (C=O) groups is 3. The van der Waals surface area contributed by atoms with Gasteiger partial charge in [0, 0.05) is 24.3 Å². The van der Waals surface area contributed by atoms with Gasteiger partial charge in [-0.2, -0.15) is 0 Å². The lowest BCUT2D eigenvalue weighted by atomic mass is 10.2. The number of hydrogen-bond acceptors (Lipinski definition) is 6. The normalized spacial score (nSPS) is 10.4. The number of anilines is 2. The molecular formula is C22H24N2O6. The van der Waals surface area contributed by atoms with E-state index in [4.69, 9.17) is 14.2 Å². The number of methoxy groups -OCH3 is 1. The van der Waals surface area contributed by atoms with E-state index in [2.05, 4.69) is 10.6 Å². The summed E-state index contributed by atoms with van der Waals surface area (Å²) in [7, 11) is 1.45. The van der Waals surface area contributed by atoms with Crippen molar-refractivity contribution in [3.63, 3.8) is 0 Å². The van der Waals surface area contributed by atoms with Crippen LogP contribution in [0.2, 0.25) is 0 Å². The second-order valence-electron chi connectivity index (χ2n) is 6.06. The predicted molar refractivity (Wildman–Crippen MR) is 114 cm³/mol. The lowest BCUT2D eigenvalue weighted by Gasteiger charge is -2.12. The summed E-state index contributed by atoms with van der Waals surface area (Å²) in [5.41, 5.74) is 1.55. The van der Waals surface area contributed by atoms with Gasteiger partial charge in [-0.25, -0.2) is 4.79 Å². The molecule has 30 heavy (non-hydrogen) atoms. The lowest BCUT2D eigenvalue weighted by molar-refractivity contribution is -0.142. The van der Waals surface area contributed by atoms with Crippen LogP contribution in [0.5, 0.6) is 11.5 Å². The minimum Gasteiger partial charge on any atom is -0.495 e. The molecule has 2 aromatic carbocycles. The average Bonchev–Trinajstić information content (AvgIpc) is 2.71. The van der Waals surface area contributed by atoms with E-state index >= 15 is 0 Å². The van der Waals surface area contributed by atoms with Crippen LogP contribution in [-0.4, -0.2) is 38.1 Å². The molecule has 2 aromatic rings. The molecule has 0 saturated carbocycles. The van der Waals surface area contributed by atoms with Crippen molar-refractivity contribution in [2.24, 2.45) is 0 Å². The zero-order chi connectivity index (χ0) is 21.9. The monoisotopic (exact) mass is 412 g/mol. The number of carbonyl (C=O) groups excluding carboxylic acids is 3. The van der Waals surface area contributed by atoms with Crippen LogP contribution in [0.4, 0.5) is 11.4 Å². The second kappa shape index (κ2) is 11.3. The van der Waals surface area contributed by atoms with Crippen LogP contribution in [0.15, 0.2) is 48.5 Å². The molecule has 0 aliphatic heterocycles. The van der Waals surface area contributed by atoms with E-state index in [1.165, 1.54) is 20.1 Å².